The molecule has 2 unspecified atom stereocenters. The zero-order valence-corrected chi connectivity index (χ0v) is 11.6. The highest BCUT2D eigenvalue weighted by molar-refractivity contribution is 5.24. The Morgan fingerprint density at radius 2 is 2.06 bits per heavy atom. The first-order valence-corrected chi connectivity index (χ1v) is 6.57. The van der Waals surface area contributed by atoms with E-state index < -0.39 is 0 Å². The van der Waals surface area contributed by atoms with E-state index in [-0.39, 0.29) is 6.04 Å². The van der Waals surface area contributed by atoms with Gasteiger partial charge in [-0.05, 0) is 45.8 Å². The van der Waals surface area contributed by atoms with Crippen molar-refractivity contribution < 1.29 is 0 Å². The van der Waals surface area contributed by atoms with Crippen LogP contribution in [-0.4, -0.2) is 24.5 Å². The van der Waals surface area contributed by atoms with Crippen LogP contribution in [0.4, 0.5) is 0 Å². The summed E-state index contributed by atoms with van der Waals surface area (Å²) in [6, 6.07) is 9.31. The third kappa shape index (κ3) is 4.49. The van der Waals surface area contributed by atoms with Gasteiger partial charge in [-0.15, -0.1) is 0 Å². The number of hydrogen-bond donors (Lipinski definition) is 1. The number of rotatable bonds is 6. The smallest absolute Gasteiger partial charge is 0.0307 e. The SMILES string of the molecule is CCC(C)N(C)CCC(N)c1cccc(C)c1. The lowest BCUT2D eigenvalue weighted by molar-refractivity contribution is 0.243. The fourth-order valence-corrected chi connectivity index (χ4v) is 1.94. The van der Waals surface area contributed by atoms with Crippen LogP contribution < -0.4 is 5.73 Å². The molecule has 2 heteroatoms. The van der Waals surface area contributed by atoms with E-state index in [4.69, 9.17) is 5.73 Å². The summed E-state index contributed by atoms with van der Waals surface area (Å²) in [5, 5.41) is 0. The van der Waals surface area contributed by atoms with Crippen LogP contribution in [0.2, 0.25) is 0 Å². The molecule has 0 saturated carbocycles. The maximum absolute atomic E-state index is 6.23. The minimum absolute atomic E-state index is 0.154. The minimum atomic E-state index is 0.154. The van der Waals surface area contributed by atoms with Gasteiger partial charge < -0.3 is 10.6 Å². The quantitative estimate of drug-likeness (QED) is 0.819. The van der Waals surface area contributed by atoms with Crippen molar-refractivity contribution in [3.05, 3.63) is 35.4 Å². The molecule has 0 aliphatic rings. The van der Waals surface area contributed by atoms with E-state index in [0.717, 1.165) is 13.0 Å². The van der Waals surface area contributed by atoms with Gasteiger partial charge in [0.25, 0.3) is 0 Å². The van der Waals surface area contributed by atoms with Crippen LogP contribution in [0.15, 0.2) is 24.3 Å². The summed E-state index contributed by atoms with van der Waals surface area (Å²) >= 11 is 0. The van der Waals surface area contributed by atoms with Gasteiger partial charge in [0.15, 0.2) is 0 Å². The van der Waals surface area contributed by atoms with Crippen molar-refractivity contribution in [2.45, 2.75) is 45.7 Å². The van der Waals surface area contributed by atoms with Gasteiger partial charge in [0.1, 0.15) is 0 Å². The summed E-state index contributed by atoms with van der Waals surface area (Å²) in [6.45, 7) is 7.66. The second kappa shape index (κ2) is 6.77. The van der Waals surface area contributed by atoms with Gasteiger partial charge in [-0.1, -0.05) is 36.8 Å². The van der Waals surface area contributed by atoms with E-state index in [1.54, 1.807) is 0 Å². The predicted octanol–water partition coefficient (Wildman–Crippen LogP) is 3.12. The molecule has 2 atom stereocenters. The van der Waals surface area contributed by atoms with Crippen LogP contribution in [0.5, 0.6) is 0 Å². The van der Waals surface area contributed by atoms with Gasteiger partial charge in [-0.2, -0.15) is 0 Å². The summed E-state index contributed by atoms with van der Waals surface area (Å²) < 4.78 is 0. The molecule has 0 aliphatic heterocycles. The molecule has 0 heterocycles. The largest absolute Gasteiger partial charge is 0.324 e. The van der Waals surface area contributed by atoms with E-state index in [0.29, 0.717) is 6.04 Å². The highest BCUT2D eigenvalue weighted by Gasteiger charge is 2.10. The molecule has 1 aromatic carbocycles. The molecule has 0 bridgehead atoms. The molecule has 1 aromatic rings. The van der Waals surface area contributed by atoms with E-state index in [1.807, 2.05) is 0 Å². The average Bonchev–Trinajstić information content (AvgIpc) is 2.34. The van der Waals surface area contributed by atoms with Crippen LogP contribution in [0, 0.1) is 6.92 Å². The molecule has 0 amide bonds. The molecule has 0 fully saturated rings. The summed E-state index contributed by atoms with van der Waals surface area (Å²) in [4.78, 5) is 2.38. The van der Waals surface area contributed by atoms with Crippen molar-refractivity contribution >= 4 is 0 Å². The summed E-state index contributed by atoms with van der Waals surface area (Å²) in [6.07, 6.45) is 2.21. The predicted molar refractivity (Wildman–Crippen MR) is 75.1 cm³/mol. The molecule has 0 aliphatic carbocycles. The van der Waals surface area contributed by atoms with Crippen LogP contribution >= 0.6 is 0 Å². The monoisotopic (exact) mass is 234 g/mol. The van der Waals surface area contributed by atoms with Crippen molar-refractivity contribution in [3.8, 4) is 0 Å². The summed E-state index contributed by atoms with van der Waals surface area (Å²) in [5.74, 6) is 0. The third-order valence-corrected chi connectivity index (χ3v) is 3.61. The lowest BCUT2D eigenvalue weighted by atomic mass is 10.0. The first-order valence-electron chi connectivity index (χ1n) is 6.57. The van der Waals surface area contributed by atoms with Gasteiger partial charge >= 0.3 is 0 Å². The molecule has 0 aromatic heterocycles. The molecule has 2 N–H and O–H groups in total. The maximum Gasteiger partial charge on any atom is 0.0307 e. The molecule has 0 saturated heterocycles. The van der Waals surface area contributed by atoms with Gasteiger partial charge in [-0.25, -0.2) is 0 Å². The Morgan fingerprint density at radius 3 is 2.65 bits per heavy atom. The molecule has 0 radical (unpaired) electrons. The number of aryl methyl sites for hydroxylation is 1. The Hall–Kier alpha value is -0.860. The maximum atomic E-state index is 6.23. The van der Waals surface area contributed by atoms with Gasteiger partial charge in [0.05, 0.1) is 0 Å². The van der Waals surface area contributed by atoms with Crippen molar-refractivity contribution in [1.82, 2.24) is 4.90 Å². The Morgan fingerprint density at radius 1 is 1.35 bits per heavy atom. The van der Waals surface area contributed by atoms with Gasteiger partial charge in [0, 0.05) is 12.1 Å². The van der Waals surface area contributed by atoms with Crippen LogP contribution in [-0.2, 0) is 0 Å². The van der Waals surface area contributed by atoms with E-state index in [2.05, 4.69) is 57.0 Å². The highest BCUT2D eigenvalue weighted by atomic mass is 15.1. The Balaban J connectivity index is 2.47. The zero-order valence-electron chi connectivity index (χ0n) is 11.6. The summed E-state index contributed by atoms with van der Waals surface area (Å²) in [7, 11) is 2.18. The normalized spacial score (nSPS) is 14.9. The number of benzene rings is 1. The third-order valence-electron chi connectivity index (χ3n) is 3.61. The number of nitrogens with zero attached hydrogens (tertiary/aromatic N) is 1. The lowest BCUT2D eigenvalue weighted by Gasteiger charge is -2.25. The molecule has 0 spiro atoms. The van der Waals surface area contributed by atoms with Crippen molar-refractivity contribution in [3.63, 3.8) is 0 Å². The molecule has 17 heavy (non-hydrogen) atoms. The second-order valence-electron chi connectivity index (χ2n) is 5.05. The molecular weight excluding hydrogens is 208 g/mol. The zero-order chi connectivity index (χ0) is 12.8. The van der Waals surface area contributed by atoms with Gasteiger partial charge in [-0.3, -0.25) is 0 Å². The van der Waals surface area contributed by atoms with Crippen molar-refractivity contribution in [2.75, 3.05) is 13.6 Å². The second-order valence-corrected chi connectivity index (χ2v) is 5.05. The topological polar surface area (TPSA) is 29.3 Å². The van der Waals surface area contributed by atoms with E-state index in [9.17, 15) is 0 Å². The highest BCUT2D eigenvalue weighted by Crippen LogP contribution is 2.16. The van der Waals surface area contributed by atoms with E-state index >= 15 is 0 Å². The molecular formula is C15H26N2. The Bertz CT molecular complexity index is 335. The molecule has 96 valence electrons. The Labute approximate surface area is 106 Å². The van der Waals surface area contributed by atoms with E-state index in [1.165, 1.54) is 17.5 Å². The van der Waals surface area contributed by atoms with Crippen LogP contribution in [0.1, 0.15) is 43.9 Å². The first kappa shape index (κ1) is 14.2. The van der Waals surface area contributed by atoms with Crippen molar-refractivity contribution in [1.29, 1.82) is 0 Å². The number of hydrogen-bond acceptors (Lipinski definition) is 2. The minimum Gasteiger partial charge on any atom is -0.324 e. The average molecular weight is 234 g/mol. The molecule has 1 rings (SSSR count). The van der Waals surface area contributed by atoms with Crippen LogP contribution in [0.3, 0.4) is 0 Å². The standard InChI is InChI=1S/C15H26N2/c1-5-13(3)17(4)10-9-15(16)14-8-6-7-12(2)11-14/h6-8,11,13,15H,5,9-10,16H2,1-4H3. The fraction of sp³-hybridized carbons (Fsp3) is 0.600. The first-order chi connectivity index (χ1) is 8.04. The van der Waals surface area contributed by atoms with Gasteiger partial charge in [0.2, 0.25) is 0 Å². The van der Waals surface area contributed by atoms with Crippen molar-refractivity contribution in [2.24, 2.45) is 5.73 Å². The Kier molecular flexibility index (Phi) is 5.66. The molecule has 2 nitrogen and oxygen atoms in total. The van der Waals surface area contributed by atoms with Crippen LogP contribution in [0.25, 0.3) is 0 Å². The lowest BCUT2D eigenvalue weighted by Crippen LogP contribution is -2.31. The fourth-order valence-electron chi connectivity index (χ4n) is 1.94. The number of nitrogens with two attached hydrogens (primary N) is 1. The summed E-state index contributed by atoms with van der Waals surface area (Å²) in [5.41, 5.74) is 8.76.